The first-order chi connectivity index (χ1) is 12.5. The minimum absolute atomic E-state index is 0.0108. The molecule has 2 aromatic carbocycles. The Balaban J connectivity index is 2.04. The van der Waals surface area contributed by atoms with E-state index in [1.54, 1.807) is 37.3 Å². The van der Waals surface area contributed by atoms with E-state index in [4.69, 9.17) is 20.8 Å². The molecule has 0 N–H and O–H groups in total. The van der Waals surface area contributed by atoms with E-state index in [0.717, 1.165) is 0 Å². The first kappa shape index (κ1) is 17.9. The number of aromatic nitrogens is 1. The van der Waals surface area contributed by atoms with E-state index in [1.165, 1.54) is 16.7 Å². The molecule has 3 aromatic rings. The Morgan fingerprint density at radius 3 is 2.62 bits per heavy atom. The molecular formula is C19H16ClNO5. The van der Waals surface area contributed by atoms with Gasteiger partial charge < -0.3 is 9.15 Å². The number of halogens is 1. The smallest absolute Gasteiger partial charge is 0.419 e. The van der Waals surface area contributed by atoms with Gasteiger partial charge in [-0.1, -0.05) is 41.9 Å². The third-order valence-corrected chi connectivity index (χ3v) is 4.08. The highest BCUT2D eigenvalue weighted by Gasteiger charge is 2.20. The van der Waals surface area contributed by atoms with Crippen molar-refractivity contribution in [1.82, 2.24) is 4.57 Å². The van der Waals surface area contributed by atoms with Gasteiger partial charge >= 0.3 is 11.7 Å². The van der Waals surface area contributed by atoms with Crippen molar-refractivity contribution in [3.63, 3.8) is 0 Å². The molecular weight excluding hydrogens is 358 g/mol. The molecule has 26 heavy (non-hydrogen) atoms. The van der Waals surface area contributed by atoms with Crippen molar-refractivity contribution in [1.29, 1.82) is 0 Å². The molecule has 0 radical (unpaired) electrons. The van der Waals surface area contributed by atoms with Gasteiger partial charge in [-0.3, -0.25) is 14.2 Å². The van der Waals surface area contributed by atoms with Crippen LogP contribution in [0.15, 0.2) is 51.7 Å². The van der Waals surface area contributed by atoms with Crippen LogP contribution in [0.2, 0.25) is 5.02 Å². The van der Waals surface area contributed by atoms with E-state index < -0.39 is 11.7 Å². The van der Waals surface area contributed by atoms with Gasteiger partial charge in [-0.05, 0) is 19.1 Å². The van der Waals surface area contributed by atoms with Gasteiger partial charge in [0.2, 0.25) is 0 Å². The molecule has 0 fully saturated rings. The predicted octanol–water partition coefficient (Wildman–Crippen LogP) is 3.43. The van der Waals surface area contributed by atoms with Crippen LogP contribution in [0.1, 0.15) is 29.3 Å². The molecule has 134 valence electrons. The topological polar surface area (TPSA) is 78.5 Å². The lowest BCUT2D eigenvalue weighted by molar-refractivity contribution is -0.143. The number of carbonyl (C=O) groups excluding carboxylic acids is 2. The average Bonchev–Trinajstić information content (AvgIpc) is 2.95. The van der Waals surface area contributed by atoms with Crippen molar-refractivity contribution >= 4 is 34.5 Å². The molecule has 1 heterocycles. The van der Waals surface area contributed by atoms with Crippen molar-refractivity contribution in [2.75, 3.05) is 6.61 Å². The fraction of sp³-hybridized carbons (Fsp3) is 0.211. The van der Waals surface area contributed by atoms with Gasteiger partial charge in [0, 0.05) is 17.1 Å². The van der Waals surface area contributed by atoms with E-state index in [0.29, 0.717) is 16.1 Å². The summed E-state index contributed by atoms with van der Waals surface area (Å²) in [6.45, 7) is 2.05. The minimum atomic E-state index is -0.659. The molecule has 0 aliphatic carbocycles. The highest BCUT2D eigenvalue weighted by atomic mass is 35.5. The second-order valence-corrected chi connectivity index (χ2v) is 6.01. The molecule has 0 aliphatic heterocycles. The zero-order chi connectivity index (χ0) is 18.7. The minimum Gasteiger partial charge on any atom is -0.466 e. The van der Waals surface area contributed by atoms with Gasteiger partial charge in [0.25, 0.3) is 0 Å². The Morgan fingerprint density at radius 2 is 1.92 bits per heavy atom. The van der Waals surface area contributed by atoms with Gasteiger partial charge in [0.05, 0.1) is 24.1 Å². The van der Waals surface area contributed by atoms with Crippen LogP contribution in [0.3, 0.4) is 0 Å². The summed E-state index contributed by atoms with van der Waals surface area (Å²) in [6, 6.07) is 11.6. The standard InChI is InChI=1S/C19H16ClNO5/c1-2-25-16(22)8-9-21-15-11-13(20)10-14(18(15)26-19(21)24)17(23)12-6-4-3-5-7-12/h3-7,10-11H,2,8-9H2,1H3. The Labute approximate surface area is 153 Å². The molecule has 3 rings (SSSR count). The van der Waals surface area contributed by atoms with E-state index >= 15 is 0 Å². The van der Waals surface area contributed by atoms with Crippen molar-refractivity contribution in [2.24, 2.45) is 0 Å². The molecule has 0 bridgehead atoms. The number of oxazole rings is 1. The summed E-state index contributed by atoms with van der Waals surface area (Å²) in [5.74, 6) is -1.38. The lowest BCUT2D eigenvalue weighted by Gasteiger charge is -2.05. The van der Waals surface area contributed by atoms with Crippen LogP contribution in [0.4, 0.5) is 0 Å². The summed E-state index contributed by atoms with van der Waals surface area (Å²) >= 11 is 6.15. The lowest BCUT2D eigenvalue weighted by atomic mass is 10.0. The van der Waals surface area contributed by atoms with Crippen LogP contribution in [-0.2, 0) is 16.1 Å². The summed E-state index contributed by atoms with van der Waals surface area (Å²) in [6.07, 6.45) is 0.0108. The van der Waals surface area contributed by atoms with Crippen LogP contribution in [0.25, 0.3) is 11.1 Å². The van der Waals surface area contributed by atoms with Gasteiger partial charge in [-0.2, -0.15) is 0 Å². The number of aryl methyl sites for hydroxylation is 1. The van der Waals surface area contributed by atoms with E-state index in [2.05, 4.69) is 0 Å². The third kappa shape index (κ3) is 3.55. The number of hydrogen-bond acceptors (Lipinski definition) is 5. The fourth-order valence-corrected chi connectivity index (χ4v) is 2.90. The molecule has 0 saturated carbocycles. The number of benzene rings is 2. The quantitative estimate of drug-likeness (QED) is 0.488. The molecule has 7 heteroatoms. The summed E-state index contributed by atoms with van der Waals surface area (Å²) in [4.78, 5) is 36.6. The molecule has 0 unspecified atom stereocenters. The van der Waals surface area contributed by atoms with E-state index in [-0.39, 0.29) is 36.5 Å². The van der Waals surface area contributed by atoms with Gasteiger partial charge in [0.1, 0.15) is 0 Å². The second-order valence-electron chi connectivity index (χ2n) is 5.57. The Hall–Kier alpha value is -2.86. The molecule has 1 aromatic heterocycles. The number of fused-ring (bicyclic) bond motifs is 1. The van der Waals surface area contributed by atoms with Crippen molar-refractivity contribution < 1.29 is 18.7 Å². The number of rotatable bonds is 6. The monoisotopic (exact) mass is 373 g/mol. The van der Waals surface area contributed by atoms with E-state index in [9.17, 15) is 14.4 Å². The maximum Gasteiger partial charge on any atom is 0.419 e. The molecule has 6 nitrogen and oxygen atoms in total. The molecule has 0 atom stereocenters. The van der Waals surface area contributed by atoms with Crippen molar-refractivity contribution in [3.05, 3.63) is 69.2 Å². The summed E-state index contributed by atoms with van der Waals surface area (Å²) in [5.41, 5.74) is 1.17. The second kappa shape index (κ2) is 7.58. The summed E-state index contributed by atoms with van der Waals surface area (Å²) < 4.78 is 11.4. The van der Waals surface area contributed by atoms with E-state index in [1.807, 2.05) is 0 Å². The van der Waals surface area contributed by atoms with Gasteiger partial charge in [0.15, 0.2) is 11.4 Å². The molecule has 0 saturated heterocycles. The number of carbonyl (C=O) groups is 2. The average molecular weight is 374 g/mol. The number of hydrogen-bond donors (Lipinski definition) is 0. The summed E-state index contributed by atoms with van der Waals surface area (Å²) in [7, 11) is 0. The number of nitrogens with zero attached hydrogens (tertiary/aromatic N) is 1. The lowest BCUT2D eigenvalue weighted by Crippen LogP contribution is -2.17. The van der Waals surface area contributed by atoms with Crippen LogP contribution < -0.4 is 5.76 Å². The van der Waals surface area contributed by atoms with Crippen molar-refractivity contribution in [2.45, 2.75) is 19.9 Å². The molecule has 0 spiro atoms. The highest BCUT2D eigenvalue weighted by Crippen LogP contribution is 2.26. The van der Waals surface area contributed by atoms with Gasteiger partial charge in [-0.25, -0.2) is 4.79 Å². The maximum absolute atomic E-state index is 12.8. The maximum atomic E-state index is 12.8. The van der Waals surface area contributed by atoms with Crippen LogP contribution in [-0.4, -0.2) is 22.9 Å². The molecule has 0 aliphatic rings. The Morgan fingerprint density at radius 1 is 1.19 bits per heavy atom. The third-order valence-electron chi connectivity index (χ3n) is 3.86. The fourth-order valence-electron chi connectivity index (χ4n) is 2.69. The largest absolute Gasteiger partial charge is 0.466 e. The Kier molecular flexibility index (Phi) is 5.23. The molecule has 0 amide bonds. The Bertz CT molecular complexity index is 1020. The van der Waals surface area contributed by atoms with Gasteiger partial charge in [-0.15, -0.1) is 0 Å². The number of ether oxygens (including phenoxy) is 1. The first-order valence-electron chi connectivity index (χ1n) is 8.09. The SMILES string of the molecule is CCOC(=O)CCn1c(=O)oc2c(C(=O)c3ccccc3)cc(Cl)cc21. The normalized spacial score (nSPS) is 10.8. The van der Waals surface area contributed by atoms with Crippen LogP contribution in [0.5, 0.6) is 0 Å². The predicted molar refractivity (Wildman–Crippen MR) is 96.6 cm³/mol. The number of ketones is 1. The summed E-state index contributed by atoms with van der Waals surface area (Å²) in [5, 5.41) is 0.294. The first-order valence-corrected chi connectivity index (χ1v) is 8.47. The zero-order valence-electron chi connectivity index (χ0n) is 14.0. The number of esters is 1. The van der Waals surface area contributed by atoms with Crippen molar-refractivity contribution in [3.8, 4) is 0 Å². The highest BCUT2D eigenvalue weighted by molar-refractivity contribution is 6.32. The van der Waals surface area contributed by atoms with Crippen LogP contribution in [0, 0.1) is 0 Å². The van der Waals surface area contributed by atoms with Crippen LogP contribution >= 0.6 is 11.6 Å². The zero-order valence-corrected chi connectivity index (χ0v) is 14.8.